The molecule has 0 bridgehead atoms. The van der Waals surface area contributed by atoms with Crippen molar-refractivity contribution < 1.29 is 5.11 Å². The number of aryl methyl sites for hydroxylation is 1. The van der Waals surface area contributed by atoms with E-state index in [9.17, 15) is 5.11 Å². The summed E-state index contributed by atoms with van der Waals surface area (Å²) in [5, 5.41) is 9.82. The van der Waals surface area contributed by atoms with Crippen LogP contribution in [0.4, 0.5) is 0 Å². The van der Waals surface area contributed by atoms with Crippen LogP contribution in [0.2, 0.25) is 0 Å². The molecule has 0 aliphatic rings. The van der Waals surface area contributed by atoms with Crippen LogP contribution in [0.1, 0.15) is 23.6 Å². The number of hydrogen-bond donors (Lipinski definition) is 1. The van der Waals surface area contributed by atoms with E-state index in [2.05, 4.69) is 38.1 Å². The van der Waals surface area contributed by atoms with Gasteiger partial charge in [0.15, 0.2) is 0 Å². The molecular weight excluding hydrogens is 220 g/mol. The van der Waals surface area contributed by atoms with E-state index < -0.39 is 0 Å². The van der Waals surface area contributed by atoms with Gasteiger partial charge in [-0.1, -0.05) is 61.5 Å². The summed E-state index contributed by atoms with van der Waals surface area (Å²) in [6, 6.07) is 18.7. The maximum Gasteiger partial charge on any atom is 0.0528 e. The molecule has 2 aromatic carbocycles. The van der Waals surface area contributed by atoms with Gasteiger partial charge in [-0.25, -0.2) is 0 Å². The molecule has 0 amide bonds. The Morgan fingerprint density at radius 2 is 1.56 bits per heavy atom. The summed E-state index contributed by atoms with van der Waals surface area (Å²) in [5.41, 5.74) is 3.52. The summed E-state index contributed by atoms with van der Waals surface area (Å²) in [5.74, 6) is 0. The highest BCUT2D eigenvalue weighted by Crippen LogP contribution is 2.30. The lowest BCUT2D eigenvalue weighted by atomic mass is 9.76. The second kappa shape index (κ2) is 5.36. The van der Waals surface area contributed by atoms with Crippen LogP contribution < -0.4 is 0 Å². The molecule has 0 aliphatic heterocycles. The minimum absolute atomic E-state index is 0.159. The molecule has 1 nitrogen and oxygen atoms in total. The number of aliphatic hydroxyl groups is 1. The predicted octanol–water partition coefficient (Wildman–Crippen LogP) is 3.49. The van der Waals surface area contributed by atoms with E-state index in [1.807, 2.05) is 30.3 Å². The Bertz CT molecular complexity index is 504. The molecule has 0 aliphatic carbocycles. The molecule has 1 heteroatoms. The Balaban J connectivity index is 2.34. The second-order valence-electron chi connectivity index (χ2n) is 5.20. The smallest absolute Gasteiger partial charge is 0.0528 e. The van der Waals surface area contributed by atoms with Crippen molar-refractivity contribution in [1.82, 2.24) is 0 Å². The quantitative estimate of drug-likeness (QED) is 0.867. The van der Waals surface area contributed by atoms with E-state index in [0.717, 1.165) is 6.42 Å². The van der Waals surface area contributed by atoms with Crippen LogP contribution in [0, 0.1) is 6.92 Å². The first-order valence-corrected chi connectivity index (χ1v) is 6.36. The standard InChI is InChI=1S/C17H20O/c1-14-8-6-7-11-16(14)17(2,13-18)12-15-9-4-3-5-10-15/h3-11,18H,12-13H2,1-2H3. The molecule has 1 unspecified atom stereocenters. The van der Waals surface area contributed by atoms with Gasteiger partial charge in [0, 0.05) is 5.41 Å². The summed E-state index contributed by atoms with van der Waals surface area (Å²) in [4.78, 5) is 0. The first-order valence-electron chi connectivity index (χ1n) is 6.36. The summed E-state index contributed by atoms with van der Waals surface area (Å²) < 4.78 is 0. The molecule has 0 fully saturated rings. The average Bonchev–Trinajstić information content (AvgIpc) is 2.40. The van der Waals surface area contributed by atoms with Crippen molar-refractivity contribution in [3.63, 3.8) is 0 Å². The number of benzene rings is 2. The SMILES string of the molecule is Cc1ccccc1C(C)(CO)Cc1ccccc1. The lowest BCUT2D eigenvalue weighted by Crippen LogP contribution is -2.30. The topological polar surface area (TPSA) is 20.2 Å². The molecule has 2 rings (SSSR count). The fourth-order valence-electron chi connectivity index (χ4n) is 2.53. The van der Waals surface area contributed by atoms with Crippen LogP contribution in [0.3, 0.4) is 0 Å². The molecule has 1 atom stereocenters. The lowest BCUT2D eigenvalue weighted by Gasteiger charge is -2.29. The van der Waals surface area contributed by atoms with Crippen molar-refractivity contribution in [1.29, 1.82) is 0 Å². The molecule has 0 radical (unpaired) electrons. The van der Waals surface area contributed by atoms with Crippen LogP contribution in [0.5, 0.6) is 0 Å². The Hall–Kier alpha value is -1.60. The van der Waals surface area contributed by atoms with Crippen LogP contribution in [-0.4, -0.2) is 11.7 Å². The molecule has 94 valence electrons. The molecule has 2 aromatic rings. The minimum Gasteiger partial charge on any atom is -0.395 e. The molecule has 0 heterocycles. The minimum atomic E-state index is -0.216. The van der Waals surface area contributed by atoms with Crippen molar-refractivity contribution in [3.05, 3.63) is 71.3 Å². The fourth-order valence-corrected chi connectivity index (χ4v) is 2.53. The zero-order valence-electron chi connectivity index (χ0n) is 11.1. The fraction of sp³-hybridized carbons (Fsp3) is 0.294. The van der Waals surface area contributed by atoms with Crippen molar-refractivity contribution in [2.45, 2.75) is 25.7 Å². The zero-order chi connectivity index (χ0) is 13.0. The number of hydrogen-bond acceptors (Lipinski definition) is 1. The maximum atomic E-state index is 9.82. The van der Waals surface area contributed by atoms with Crippen molar-refractivity contribution in [2.24, 2.45) is 0 Å². The normalized spacial score (nSPS) is 14.2. The molecule has 18 heavy (non-hydrogen) atoms. The summed E-state index contributed by atoms with van der Waals surface area (Å²) in [6.07, 6.45) is 0.856. The van der Waals surface area contributed by atoms with E-state index >= 15 is 0 Å². The third-order valence-corrected chi connectivity index (χ3v) is 3.58. The molecule has 0 aromatic heterocycles. The molecule has 0 saturated carbocycles. The summed E-state index contributed by atoms with van der Waals surface area (Å²) in [7, 11) is 0. The van der Waals surface area contributed by atoms with Crippen LogP contribution >= 0.6 is 0 Å². The third kappa shape index (κ3) is 2.62. The van der Waals surface area contributed by atoms with Gasteiger partial charge >= 0.3 is 0 Å². The van der Waals surface area contributed by atoms with Gasteiger partial charge in [0.1, 0.15) is 0 Å². The van der Waals surface area contributed by atoms with Gasteiger partial charge in [-0.15, -0.1) is 0 Å². The average molecular weight is 240 g/mol. The van der Waals surface area contributed by atoms with E-state index in [-0.39, 0.29) is 12.0 Å². The zero-order valence-corrected chi connectivity index (χ0v) is 11.1. The van der Waals surface area contributed by atoms with Gasteiger partial charge in [0.25, 0.3) is 0 Å². The van der Waals surface area contributed by atoms with Crippen molar-refractivity contribution >= 4 is 0 Å². The molecule has 0 spiro atoms. The summed E-state index contributed by atoms with van der Waals surface area (Å²) >= 11 is 0. The highest BCUT2D eigenvalue weighted by Gasteiger charge is 2.27. The maximum absolute atomic E-state index is 9.82. The second-order valence-corrected chi connectivity index (χ2v) is 5.20. The first-order chi connectivity index (χ1) is 8.65. The van der Waals surface area contributed by atoms with Gasteiger partial charge < -0.3 is 5.11 Å². The third-order valence-electron chi connectivity index (χ3n) is 3.58. The van der Waals surface area contributed by atoms with E-state index in [1.165, 1.54) is 16.7 Å². The Morgan fingerprint density at radius 3 is 2.17 bits per heavy atom. The van der Waals surface area contributed by atoms with E-state index in [1.54, 1.807) is 0 Å². The highest BCUT2D eigenvalue weighted by molar-refractivity contribution is 5.35. The van der Waals surface area contributed by atoms with E-state index in [0.29, 0.717) is 0 Å². The van der Waals surface area contributed by atoms with Gasteiger partial charge in [-0.2, -0.15) is 0 Å². The Morgan fingerprint density at radius 1 is 0.944 bits per heavy atom. The number of aliphatic hydroxyl groups excluding tert-OH is 1. The summed E-state index contributed by atoms with van der Waals surface area (Å²) in [6.45, 7) is 4.39. The first kappa shape index (κ1) is 12.8. The Kier molecular flexibility index (Phi) is 3.83. The van der Waals surface area contributed by atoms with E-state index in [4.69, 9.17) is 0 Å². The highest BCUT2D eigenvalue weighted by atomic mass is 16.3. The molecular formula is C17H20O. The Labute approximate surface area is 109 Å². The monoisotopic (exact) mass is 240 g/mol. The van der Waals surface area contributed by atoms with Gasteiger partial charge in [-0.3, -0.25) is 0 Å². The van der Waals surface area contributed by atoms with Crippen molar-refractivity contribution in [2.75, 3.05) is 6.61 Å². The molecule has 0 saturated heterocycles. The van der Waals surface area contributed by atoms with Gasteiger partial charge in [-0.05, 0) is 30.0 Å². The largest absolute Gasteiger partial charge is 0.395 e. The van der Waals surface area contributed by atoms with Gasteiger partial charge in [0.05, 0.1) is 6.61 Å². The van der Waals surface area contributed by atoms with Gasteiger partial charge in [0.2, 0.25) is 0 Å². The van der Waals surface area contributed by atoms with Crippen LogP contribution in [0.15, 0.2) is 54.6 Å². The van der Waals surface area contributed by atoms with Crippen LogP contribution in [-0.2, 0) is 11.8 Å². The van der Waals surface area contributed by atoms with Crippen LogP contribution in [0.25, 0.3) is 0 Å². The molecule has 1 N–H and O–H groups in total. The predicted molar refractivity (Wildman–Crippen MR) is 75.8 cm³/mol. The van der Waals surface area contributed by atoms with Crippen molar-refractivity contribution in [3.8, 4) is 0 Å². The lowest BCUT2D eigenvalue weighted by molar-refractivity contribution is 0.204. The number of rotatable bonds is 4.